The van der Waals surface area contributed by atoms with Gasteiger partial charge in [-0.3, -0.25) is 0 Å². The molecule has 1 aliphatic heterocycles. The fourth-order valence-electron chi connectivity index (χ4n) is 5.12. The highest BCUT2D eigenvalue weighted by molar-refractivity contribution is 6.30. The molecule has 1 heterocycles. The summed E-state index contributed by atoms with van der Waals surface area (Å²) in [5.41, 5.74) is 3.62. The maximum atomic E-state index is 6.77. The van der Waals surface area contributed by atoms with E-state index in [1.807, 2.05) is 6.07 Å². The van der Waals surface area contributed by atoms with Crippen LogP contribution in [-0.2, 0) is 5.41 Å². The van der Waals surface area contributed by atoms with E-state index in [2.05, 4.69) is 92.0 Å². The summed E-state index contributed by atoms with van der Waals surface area (Å²) in [6.45, 7) is 6.21. The summed E-state index contributed by atoms with van der Waals surface area (Å²) in [7, 11) is 0. The lowest BCUT2D eigenvalue weighted by Crippen LogP contribution is -2.58. The molecule has 3 aromatic carbocycles. The Morgan fingerprint density at radius 2 is 1.83 bits per heavy atom. The molecule has 3 unspecified atom stereocenters. The SMILES string of the molecule is CCC(c1cccc(Cl)c1)C1(c2ccccc2)CNCCC1Oc1cccc(C)c1. The fraction of sp³-hybridized carbons (Fsp3) is 0.333. The van der Waals surface area contributed by atoms with Crippen molar-refractivity contribution < 1.29 is 4.74 Å². The van der Waals surface area contributed by atoms with E-state index in [1.165, 1.54) is 16.7 Å². The topological polar surface area (TPSA) is 21.3 Å². The van der Waals surface area contributed by atoms with Gasteiger partial charge >= 0.3 is 0 Å². The van der Waals surface area contributed by atoms with Crippen molar-refractivity contribution >= 4 is 11.6 Å². The molecule has 0 spiro atoms. The Morgan fingerprint density at radius 3 is 2.57 bits per heavy atom. The van der Waals surface area contributed by atoms with Gasteiger partial charge in [-0.25, -0.2) is 0 Å². The standard InChI is InChI=1S/C27H30ClNO/c1-3-25(21-10-8-13-23(28)18-21)27(22-11-5-4-6-12-22)19-29-16-15-26(27)30-24-14-7-9-20(2)17-24/h4-14,17-18,25-26,29H,3,15-16,19H2,1-2H3. The first-order valence-corrected chi connectivity index (χ1v) is 11.3. The molecule has 0 aliphatic carbocycles. The molecule has 0 saturated carbocycles. The van der Waals surface area contributed by atoms with Crippen LogP contribution in [0.5, 0.6) is 5.75 Å². The zero-order valence-electron chi connectivity index (χ0n) is 17.8. The van der Waals surface area contributed by atoms with Crippen LogP contribution in [0.3, 0.4) is 0 Å². The largest absolute Gasteiger partial charge is 0.489 e. The van der Waals surface area contributed by atoms with Gasteiger partial charge in [0.05, 0.1) is 5.41 Å². The molecule has 156 valence electrons. The van der Waals surface area contributed by atoms with Gasteiger partial charge in [-0.2, -0.15) is 0 Å². The van der Waals surface area contributed by atoms with E-state index in [-0.39, 0.29) is 17.4 Å². The molecule has 2 nitrogen and oxygen atoms in total. The van der Waals surface area contributed by atoms with Gasteiger partial charge in [0.1, 0.15) is 11.9 Å². The van der Waals surface area contributed by atoms with Gasteiger partial charge in [0.25, 0.3) is 0 Å². The predicted molar refractivity (Wildman–Crippen MR) is 126 cm³/mol. The Hall–Kier alpha value is -2.29. The number of benzene rings is 3. The first-order valence-electron chi connectivity index (χ1n) is 10.9. The van der Waals surface area contributed by atoms with Gasteiger partial charge < -0.3 is 10.1 Å². The van der Waals surface area contributed by atoms with Gasteiger partial charge in [0, 0.05) is 11.6 Å². The van der Waals surface area contributed by atoms with Crippen LogP contribution in [0.2, 0.25) is 5.02 Å². The maximum Gasteiger partial charge on any atom is 0.120 e. The Kier molecular flexibility index (Phi) is 6.46. The molecule has 1 aliphatic rings. The van der Waals surface area contributed by atoms with E-state index in [0.29, 0.717) is 0 Å². The number of halogens is 1. The number of ether oxygens (including phenoxy) is 1. The smallest absolute Gasteiger partial charge is 0.120 e. The van der Waals surface area contributed by atoms with Crippen LogP contribution < -0.4 is 10.1 Å². The molecule has 0 radical (unpaired) electrons. The lowest BCUT2D eigenvalue weighted by molar-refractivity contribution is 0.0535. The molecule has 3 heteroatoms. The number of hydrogen-bond acceptors (Lipinski definition) is 2. The van der Waals surface area contributed by atoms with Crippen molar-refractivity contribution in [3.8, 4) is 5.75 Å². The Labute approximate surface area is 185 Å². The van der Waals surface area contributed by atoms with Crippen LogP contribution in [0.1, 0.15) is 42.4 Å². The van der Waals surface area contributed by atoms with Gasteiger partial charge in [0.15, 0.2) is 0 Å². The molecule has 0 aromatic heterocycles. The second-order valence-electron chi connectivity index (χ2n) is 8.31. The second-order valence-corrected chi connectivity index (χ2v) is 8.75. The molecular weight excluding hydrogens is 390 g/mol. The number of piperidine rings is 1. The number of aryl methyl sites for hydroxylation is 1. The van der Waals surface area contributed by atoms with Crippen molar-refractivity contribution in [3.63, 3.8) is 0 Å². The summed E-state index contributed by atoms with van der Waals surface area (Å²) in [5, 5.41) is 4.47. The molecular formula is C27H30ClNO. The molecule has 4 rings (SSSR count). The lowest BCUT2D eigenvalue weighted by atomic mass is 9.61. The quantitative estimate of drug-likeness (QED) is 0.491. The number of nitrogens with one attached hydrogen (secondary N) is 1. The predicted octanol–water partition coefficient (Wildman–Crippen LogP) is 6.52. The van der Waals surface area contributed by atoms with Crippen molar-refractivity contribution in [2.45, 2.75) is 44.1 Å². The zero-order chi connectivity index (χ0) is 21.0. The lowest BCUT2D eigenvalue weighted by Gasteiger charge is -2.49. The summed E-state index contributed by atoms with van der Waals surface area (Å²) in [6, 6.07) is 27.6. The highest BCUT2D eigenvalue weighted by atomic mass is 35.5. The van der Waals surface area contributed by atoms with Crippen LogP contribution in [-0.4, -0.2) is 19.2 Å². The van der Waals surface area contributed by atoms with E-state index in [0.717, 1.165) is 36.7 Å². The highest BCUT2D eigenvalue weighted by Gasteiger charge is 2.49. The van der Waals surface area contributed by atoms with Gasteiger partial charge in [-0.1, -0.05) is 73.1 Å². The van der Waals surface area contributed by atoms with Gasteiger partial charge in [-0.15, -0.1) is 0 Å². The van der Waals surface area contributed by atoms with Crippen LogP contribution in [0.25, 0.3) is 0 Å². The van der Waals surface area contributed by atoms with Crippen molar-refractivity contribution in [1.29, 1.82) is 0 Å². The summed E-state index contributed by atoms with van der Waals surface area (Å²) < 4.78 is 6.77. The van der Waals surface area contributed by atoms with E-state index in [1.54, 1.807) is 0 Å². The highest BCUT2D eigenvalue weighted by Crippen LogP contribution is 2.47. The van der Waals surface area contributed by atoms with E-state index in [4.69, 9.17) is 16.3 Å². The third kappa shape index (κ3) is 4.12. The van der Waals surface area contributed by atoms with Crippen molar-refractivity contribution in [3.05, 3.63) is 101 Å². The zero-order valence-corrected chi connectivity index (χ0v) is 18.5. The molecule has 0 bridgehead atoms. The number of rotatable bonds is 6. The number of hydrogen-bond donors (Lipinski definition) is 1. The van der Waals surface area contributed by atoms with Crippen molar-refractivity contribution in [1.82, 2.24) is 5.32 Å². The van der Waals surface area contributed by atoms with Crippen molar-refractivity contribution in [2.24, 2.45) is 0 Å². The van der Waals surface area contributed by atoms with E-state index in [9.17, 15) is 0 Å². The molecule has 30 heavy (non-hydrogen) atoms. The van der Waals surface area contributed by atoms with Gasteiger partial charge in [-0.05, 0) is 73.2 Å². The Morgan fingerprint density at radius 1 is 1.03 bits per heavy atom. The normalized spacial score (nSPS) is 22.4. The van der Waals surface area contributed by atoms with Crippen LogP contribution in [0.15, 0.2) is 78.9 Å². The second kappa shape index (κ2) is 9.24. The third-order valence-electron chi connectivity index (χ3n) is 6.44. The third-order valence-corrected chi connectivity index (χ3v) is 6.67. The summed E-state index contributed by atoms with van der Waals surface area (Å²) in [6.07, 6.45) is 2.02. The minimum absolute atomic E-state index is 0.0619. The van der Waals surface area contributed by atoms with E-state index < -0.39 is 0 Å². The molecule has 3 aromatic rings. The summed E-state index contributed by atoms with van der Waals surface area (Å²) >= 11 is 6.41. The maximum absolute atomic E-state index is 6.77. The van der Waals surface area contributed by atoms with Crippen LogP contribution in [0.4, 0.5) is 0 Å². The van der Waals surface area contributed by atoms with Crippen LogP contribution >= 0.6 is 11.6 Å². The molecule has 1 fully saturated rings. The Bertz CT molecular complexity index is 973. The summed E-state index contributed by atoms with van der Waals surface area (Å²) in [4.78, 5) is 0. The minimum atomic E-state index is -0.192. The monoisotopic (exact) mass is 419 g/mol. The average molecular weight is 420 g/mol. The van der Waals surface area contributed by atoms with Gasteiger partial charge in [0.2, 0.25) is 0 Å². The van der Waals surface area contributed by atoms with E-state index >= 15 is 0 Å². The fourth-order valence-corrected chi connectivity index (χ4v) is 5.32. The molecule has 3 atom stereocenters. The molecule has 0 amide bonds. The minimum Gasteiger partial charge on any atom is -0.489 e. The summed E-state index contributed by atoms with van der Waals surface area (Å²) in [5.74, 6) is 1.23. The molecule has 1 N–H and O–H groups in total. The average Bonchev–Trinajstić information content (AvgIpc) is 2.76. The Balaban J connectivity index is 1.84. The van der Waals surface area contributed by atoms with Crippen LogP contribution in [0, 0.1) is 6.92 Å². The van der Waals surface area contributed by atoms with Crippen molar-refractivity contribution in [2.75, 3.05) is 13.1 Å². The molecule has 1 saturated heterocycles. The first kappa shape index (κ1) is 21.0. The first-order chi connectivity index (χ1) is 14.6.